The molecular weight excluding hydrogens is 400 g/mol. The molecule has 0 bridgehead atoms. The highest BCUT2D eigenvalue weighted by Crippen LogP contribution is 2.24. The normalized spacial score (nSPS) is 10.9. The predicted molar refractivity (Wildman–Crippen MR) is 107 cm³/mol. The van der Waals surface area contributed by atoms with Crippen LogP contribution in [0.5, 0.6) is 0 Å². The van der Waals surface area contributed by atoms with Crippen LogP contribution in [0.3, 0.4) is 0 Å². The van der Waals surface area contributed by atoms with Gasteiger partial charge in [-0.05, 0) is 29.6 Å². The van der Waals surface area contributed by atoms with Gasteiger partial charge in [0.1, 0.15) is 5.69 Å². The molecule has 0 radical (unpaired) electrons. The van der Waals surface area contributed by atoms with E-state index in [4.69, 9.17) is 0 Å². The fourth-order valence-corrected chi connectivity index (χ4v) is 3.82. The number of amides is 1. The lowest BCUT2D eigenvalue weighted by atomic mass is 10.3. The number of hydrogen-bond donors (Lipinski definition) is 1. The average Bonchev–Trinajstić information content (AvgIpc) is 3.36. The Hall–Kier alpha value is -3.31. The van der Waals surface area contributed by atoms with Crippen molar-refractivity contribution in [3.05, 3.63) is 64.0 Å². The van der Waals surface area contributed by atoms with Crippen LogP contribution >= 0.6 is 23.1 Å². The third-order valence-electron chi connectivity index (χ3n) is 3.68. The van der Waals surface area contributed by atoms with E-state index >= 15 is 0 Å². The molecule has 0 aliphatic carbocycles. The SMILES string of the molecule is O=C(CSc1nnc2ccc(-c3cccs3)nn12)Nc1cccc([N+](=O)[O-])c1. The Morgan fingerprint density at radius 2 is 2.11 bits per heavy atom. The Balaban J connectivity index is 1.46. The Morgan fingerprint density at radius 1 is 1.21 bits per heavy atom. The number of rotatable bonds is 6. The molecule has 0 fully saturated rings. The lowest BCUT2D eigenvalue weighted by Crippen LogP contribution is -2.14. The Kier molecular flexibility index (Phi) is 5.00. The van der Waals surface area contributed by atoms with Gasteiger partial charge in [0.2, 0.25) is 11.1 Å². The van der Waals surface area contributed by atoms with Crippen molar-refractivity contribution in [3.63, 3.8) is 0 Å². The summed E-state index contributed by atoms with van der Waals surface area (Å²) in [7, 11) is 0. The van der Waals surface area contributed by atoms with Crippen molar-refractivity contribution in [2.24, 2.45) is 0 Å². The van der Waals surface area contributed by atoms with E-state index in [1.54, 1.807) is 21.9 Å². The number of carbonyl (C=O) groups excluding carboxylic acids is 1. The van der Waals surface area contributed by atoms with Crippen molar-refractivity contribution in [2.45, 2.75) is 5.16 Å². The number of hydrogen-bond acceptors (Lipinski definition) is 8. The van der Waals surface area contributed by atoms with E-state index in [1.807, 2.05) is 29.6 Å². The molecule has 1 aromatic carbocycles. The Morgan fingerprint density at radius 3 is 2.89 bits per heavy atom. The predicted octanol–water partition coefficient (Wildman–Crippen LogP) is 3.49. The number of non-ortho nitro benzene ring substituents is 1. The van der Waals surface area contributed by atoms with Crippen molar-refractivity contribution in [1.29, 1.82) is 0 Å². The van der Waals surface area contributed by atoms with Crippen molar-refractivity contribution >= 4 is 46.0 Å². The van der Waals surface area contributed by atoms with Crippen LogP contribution in [0, 0.1) is 10.1 Å². The number of anilines is 1. The summed E-state index contributed by atoms with van der Waals surface area (Å²) in [6.45, 7) is 0. The number of thiophene rings is 1. The van der Waals surface area contributed by atoms with E-state index < -0.39 is 4.92 Å². The van der Waals surface area contributed by atoms with Gasteiger partial charge < -0.3 is 5.32 Å². The van der Waals surface area contributed by atoms with Crippen LogP contribution in [0.15, 0.2) is 59.1 Å². The van der Waals surface area contributed by atoms with Gasteiger partial charge in [0.05, 0.1) is 15.6 Å². The molecular formula is C17H12N6O3S2. The molecule has 140 valence electrons. The van der Waals surface area contributed by atoms with Gasteiger partial charge in [-0.2, -0.15) is 9.61 Å². The van der Waals surface area contributed by atoms with Gasteiger partial charge >= 0.3 is 0 Å². The first kappa shape index (κ1) is 18.1. The Bertz CT molecular complexity index is 1160. The third kappa shape index (κ3) is 3.85. The molecule has 4 rings (SSSR count). The van der Waals surface area contributed by atoms with Crippen LogP contribution in [0.1, 0.15) is 0 Å². The Labute approximate surface area is 166 Å². The van der Waals surface area contributed by atoms with Gasteiger partial charge in [-0.3, -0.25) is 14.9 Å². The minimum absolute atomic E-state index is 0.0639. The van der Waals surface area contributed by atoms with Crippen LogP contribution in [-0.4, -0.2) is 36.4 Å². The lowest BCUT2D eigenvalue weighted by Gasteiger charge is -2.04. The van der Waals surface area contributed by atoms with Crippen molar-refractivity contribution in [3.8, 4) is 10.6 Å². The second-order valence-electron chi connectivity index (χ2n) is 5.59. The maximum atomic E-state index is 12.2. The molecule has 0 saturated heterocycles. The number of benzene rings is 1. The molecule has 0 aliphatic rings. The summed E-state index contributed by atoms with van der Waals surface area (Å²) < 4.78 is 1.60. The lowest BCUT2D eigenvalue weighted by molar-refractivity contribution is -0.384. The molecule has 28 heavy (non-hydrogen) atoms. The van der Waals surface area contributed by atoms with Gasteiger partial charge in [-0.25, -0.2) is 0 Å². The van der Waals surface area contributed by atoms with E-state index in [0.29, 0.717) is 16.5 Å². The number of carbonyl (C=O) groups is 1. The number of thioether (sulfide) groups is 1. The maximum absolute atomic E-state index is 12.2. The smallest absolute Gasteiger partial charge is 0.271 e. The third-order valence-corrected chi connectivity index (χ3v) is 5.49. The molecule has 3 aromatic heterocycles. The number of nitrogens with zero attached hydrogens (tertiary/aromatic N) is 5. The van der Waals surface area contributed by atoms with Crippen LogP contribution in [-0.2, 0) is 4.79 Å². The van der Waals surface area contributed by atoms with Gasteiger partial charge in [-0.15, -0.1) is 21.5 Å². The molecule has 3 heterocycles. The van der Waals surface area contributed by atoms with Gasteiger partial charge in [0, 0.05) is 17.8 Å². The van der Waals surface area contributed by atoms with E-state index in [0.717, 1.165) is 10.6 Å². The number of nitro groups is 1. The quantitative estimate of drug-likeness (QED) is 0.293. The summed E-state index contributed by atoms with van der Waals surface area (Å²) in [6.07, 6.45) is 0. The minimum atomic E-state index is -0.510. The molecule has 0 spiro atoms. The highest BCUT2D eigenvalue weighted by Gasteiger charge is 2.13. The molecule has 0 atom stereocenters. The second-order valence-corrected chi connectivity index (χ2v) is 7.48. The molecule has 9 nitrogen and oxygen atoms in total. The number of aromatic nitrogens is 4. The van der Waals surface area contributed by atoms with Crippen molar-refractivity contribution < 1.29 is 9.72 Å². The fourth-order valence-electron chi connectivity index (χ4n) is 2.44. The van der Waals surface area contributed by atoms with E-state index in [9.17, 15) is 14.9 Å². The summed E-state index contributed by atoms with van der Waals surface area (Å²) in [5.74, 6) is -0.245. The van der Waals surface area contributed by atoms with Crippen molar-refractivity contribution in [1.82, 2.24) is 19.8 Å². The highest BCUT2D eigenvalue weighted by molar-refractivity contribution is 7.99. The monoisotopic (exact) mass is 412 g/mol. The first-order valence-electron chi connectivity index (χ1n) is 8.03. The number of nitro benzene ring substituents is 1. The van der Waals surface area contributed by atoms with Gasteiger partial charge in [0.15, 0.2) is 5.65 Å². The largest absolute Gasteiger partial charge is 0.325 e. The summed E-state index contributed by atoms with van der Waals surface area (Å²) in [6, 6.07) is 13.4. The van der Waals surface area contributed by atoms with Gasteiger partial charge in [-0.1, -0.05) is 23.9 Å². The molecule has 0 aliphatic heterocycles. The first-order chi connectivity index (χ1) is 13.6. The number of nitrogens with one attached hydrogen (secondary N) is 1. The minimum Gasteiger partial charge on any atom is -0.325 e. The maximum Gasteiger partial charge on any atom is 0.271 e. The zero-order valence-corrected chi connectivity index (χ0v) is 15.8. The summed E-state index contributed by atoms with van der Waals surface area (Å²) in [5, 5.41) is 28.6. The van der Waals surface area contributed by atoms with Crippen LogP contribution in [0.2, 0.25) is 0 Å². The summed E-state index contributed by atoms with van der Waals surface area (Å²) in [4.78, 5) is 23.5. The zero-order chi connectivity index (χ0) is 19.5. The summed E-state index contributed by atoms with van der Waals surface area (Å²) in [5.41, 5.74) is 1.66. The van der Waals surface area contributed by atoms with Crippen LogP contribution in [0.25, 0.3) is 16.2 Å². The fraction of sp³-hybridized carbons (Fsp3) is 0.0588. The second kappa shape index (κ2) is 7.74. The first-order valence-corrected chi connectivity index (χ1v) is 9.90. The summed E-state index contributed by atoms with van der Waals surface area (Å²) >= 11 is 2.76. The van der Waals surface area contributed by atoms with Gasteiger partial charge in [0.25, 0.3) is 5.69 Å². The van der Waals surface area contributed by atoms with E-state index in [1.165, 1.54) is 30.0 Å². The van der Waals surface area contributed by atoms with E-state index in [2.05, 4.69) is 20.6 Å². The molecule has 1 N–H and O–H groups in total. The zero-order valence-electron chi connectivity index (χ0n) is 14.2. The van der Waals surface area contributed by atoms with Crippen molar-refractivity contribution in [2.75, 3.05) is 11.1 Å². The highest BCUT2D eigenvalue weighted by atomic mass is 32.2. The molecule has 0 saturated carbocycles. The standard InChI is InChI=1S/C17H12N6O3S2/c24-16(18-11-3-1-4-12(9-11)23(25)26)10-28-17-20-19-15-7-6-13(21-22(15)17)14-5-2-8-27-14/h1-9H,10H2,(H,18,24). The van der Waals surface area contributed by atoms with Crippen LogP contribution < -0.4 is 5.32 Å². The topological polar surface area (TPSA) is 115 Å². The number of fused-ring (bicyclic) bond motifs is 1. The molecule has 0 unspecified atom stereocenters. The average molecular weight is 412 g/mol. The molecule has 4 aromatic rings. The van der Waals surface area contributed by atoms with E-state index in [-0.39, 0.29) is 17.3 Å². The van der Waals surface area contributed by atoms with Crippen LogP contribution in [0.4, 0.5) is 11.4 Å². The molecule has 11 heteroatoms. The molecule has 1 amide bonds.